The third kappa shape index (κ3) is 2.98. The number of carbonyl (C=O) groups excluding carboxylic acids is 1. The molecule has 128 valence electrons. The number of aromatic hydroxyl groups is 1. The molecule has 0 aliphatic heterocycles. The van der Waals surface area contributed by atoms with Gasteiger partial charge in [-0.05, 0) is 42.5 Å². The van der Waals surface area contributed by atoms with E-state index in [0.717, 1.165) is 0 Å². The molecule has 1 amide bonds. The second-order valence-corrected chi connectivity index (χ2v) is 5.56. The zero-order chi connectivity index (χ0) is 18.1. The molecule has 0 aliphatic carbocycles. The van der Waals surface area contributed by atoms with Gasteiger partial charge in [-0.15, -0.1) is 0 Å². The molecule has 0 bridgehead atoms. The maximum absolute atomic E-state index is 13.0. The van der Waals surface area contributed by atoms with Crippen molar-refractivity contribution in [3.63, 3.8) is 0 Å². The maximum atomic E-state index is 13.0. The van der Waals surface area contributed by atoms with E-state index in [0.29, 0.717) is 27.9 Å². The maximum Gasteiger partial charge on any atom is 0.255 e. The van der Waals surface area contributed by atoms with Gasteiger partial charge in [-0.1, -0.05) is 0 Å². The number of phenolic OH excluding ortho intramolecular Hbond substituents is 1. The van der Waals surface area contributed by atoms with Crippen molar-refractivity contribution in [3.05, 3.63) is 72.3 Å². The number of carbonyl (C=O) groups is 1. The first-order chi connectivity index (χ1) is 12.6. The van der Waals surface area contributed by atoms with Crippen LogP contribution in [0.15, 0.2) is 65.3 Å². The second kappa shape index (κ2) is 6.29. The molecule has 26 heavy (non-hydrogen) atoms. The number of aromatic nitrogens is 2. The van der Waals surface area contributed by atoms with E-state index in [9.17, 15) is 14.3 Å². The van der Waals surface area contributed by atoms with Gasteiger partial charge >= 0.3 is 0 Å². The standard InChI is InChI=1S/C19H12FN3O3/c20-12-3-1-11(2-4-12)18(25)22-13-5-6-16(24)14(9-13)19-23-15-10-21-8-7-17(15)26-19/h1-10,24H,(H,22,25). The van der Waals surface area contributed by atoms with Crippen LogP contribution < -0.4 is 5.32 Å². The molecule has 2 N–H and O–H groups in total. The van der Waals surface area contributed by atoms with E-state index in [1.165, 1.54) is 30.3 Å². The number of anilines is 1. The molecule has 4 aromatic rings. The van der Waals surface area contributed by atoms with Gasteiger partial charge in [-0.3, -0.25) is 9.78 Å². The molecule has 7 heteroatoms. The summed E-state index contributed by atoms with van der Waals surface area (Å²) in [5.41, 5.74) is 2.18. The van der Waals surface area contributed by atoms with Crippen molar-refractivity contribution in [2.75, 3.05) is 5.32 Å². The summed E-state index contributed by atoms with van der Waals surface area (Å²) in [5.74, 6) is -0.644. The van der Waals surface area contributed by atoms with Gasteiger partial charge in [0.1, 0.15) is 17.1 Å². The molecule has 0 atom stereocenters. The topological polar surface area (TPSA) is 88.2 Å². The Bertz CT molecular complexity index is 1070. The third-order valence-corrected chi connectivity index (χ3v) is 3.78. The monoisotopic (exact) mass is 349 g/mol. The average Bonchev–Trinajstić information content (AvgIpc) is 3.07. The highest BCUT2D eigenvalue weighted by molar-refractivity contribution is 6.04. The number of hydrogen-bond donors (Lipinski definition) is 2. The number of pyridine rings is 1. The molecule has 2 aromatic carbocycles. The largest absolute Gasteiger partial charge is 0.507 e. The second-order valence-electron chi connectivity index (χ2n) is 5.56. The van der Waals surface area contributed by atoms with Crippen LogP contribution in [-0.4, -0.2) is 21.0 Å². The third-order valence-electron chi connectivity index (χ3n) is 3.78. The highest BCUT2D eigenvalue weighted by Gasteiger charge is 2.14. The predicted molar refractivity (Wildman–Crippen MR) is 93.3 cm³/mol. The Morgan fingerprint density at radius 3 is 2.69 bits per heavy atom. The van der Waals surface area contributed by atoms with Gasteiger partial charge in [0.2, 0.25) is 5.89 Å². The fraction of sp³-hybridized carbons (Fsp3) is 0. The minimum atomic E-state index is -0.418. The van der Waals surface area contributed by atoms with Crippen molar-refractivity contribution in [2.45, 2.75) is 0 Å². The van der Waals surface area contributed by atoms with Gasteiger partial charge in [0.15, 0.2) is 5.58 Å². The number of hydrogen-bond acceptors (Lipinski definition) is 5. The number of rotatable bonds is 3. The quantitative estimate of drug-likeness (QED) is 0.546. The lowest BCUT2D eigenvalue weighted by Crippen LogP contribution is -2.11. The van der Waals surface area contributed by atoms with E-state index < -0.39 is 11.7 Å². The average molecular weight is 349 g/mol. The van der Waals surface area contributed by atoms with Crippen molar-refractivity contribution >= 4 is 22.7 Å². The first kappa shape index (κ1) is 15.8. The Hall–Kier alpha value is -3.74. The van der Waals surface area contributed by atoms with Gasteiger partial charge in [0.05, 0.1) is 11.8 Å². The lowest BCUT2D eigenvalue weighted by molar-refractivity contribution is 0.102. The number of benzene rings is 2. The zero-order valence-electron chi connectivity index (χ0n) is 13.3. The van der Waals surface area contributed by atoms with Crippen LogP contribution in [0.2, 0.25) is 0 Å². The molecule has 6 nitrogen and oxygen atoms in total. The van der Waals surface area contributed by atoms with E-state index in [1.807, 2.05) is 0 Å². The molecule has 0 fully saturated rings. The lowest BCUT2D eigenvalue weighted by atomic mass is 10.1. The normalized spacial score (nSPS) is 10.8. The molecular weight excluding hydrogens is 337 g/mol. The number of phenols is 1. The summed E-state index contributed by atoms with van der Waals surface area (Å²) in [6, 6.07) is 11.4. The summed E-state index contributed by atoms with van der Waals surface area (Å²) in [6.45, 7) is 0. The molecule has 0 unspecified atom stereocenters. The number of fused-ring (bicyclic) bond motifs is 1. The van der Waals surface area contributed by atoms with Crippen LogP contribution in [0.1, 0.15) is 10.4 Å². The summed E-state index contributed by atoms with van der Waals surface area (Å²) in [5, 5.41) is 12.8. The van der Waals surface area contributed by atoms with Gasteiger partial charge in [-0.25, -0.2) is 9.37 Å². The van der Waals surface area contributed by atoms with Crippen LogP contribution in [0.4, 0.5) is 10.1 Å². The van der Waals surface area contributed by atoms with Crippen LogP contribution >= 0.6 is 0 Å². The molecule has 0 saturated carbocycles. The summed E-state index contributed by atoms with van der Waals surface area (Å²) in [4.78, 5) is 20.5. The number of oxazole rings is 1. The SMILES string of the molecule is O=C(Nc1ccc(O)c(-c2nc3cnccc3o2)c1)c1ccc(F)cc1. The number of amides is 1. The van der Waals surface area contributed by atoms with Crippen molar-refractivity contribution < 1.29 is 18.7 Å². The molecule has 4 rings (SSSR count). The smallest absolute Gasteiger partial charge is 0.255 e. The summed E-state index contributed by atoms with van der Waals surface area (Å²) in [6.07, 6.45) is 3.13. The Balaban J connectivity index is 1.65. The van der Waals surface area contributed by atoms with Crippen molar-refractivity contribution in [1.29, 1.82) is 0 Å². The molecule has 0 spiro atoms. The number of nitrogens with one attached hydrogen (secondary N) is 1. The first-order valence-corrected chi connectivity index (χ1v) is 7.71. The van der Waals surface area contributed by atoms with E-state index >= 15 is 0 Å². The Morgan fingerprint density at radius 2 is 1.92 bits per heavy atom. The van der Waals surface area contributed by atoms with Crippen LogP contribution in [0.5, 0.6) is 5.75 Å². The van der Waals surface area contributed by atoms with Crippen LogP contribution in [-0.2, 0) is 0 Å². The van der Waals surface area contributed by atoms with Crippen molar-refractivity contribution in [3.8, 4) is 17.2 Å². The molecule has 2 aromatic heterocycles. The molecule has 2 heterocycles. The fourth-order valence-corrected chi connectivity index (χ4v) is 2.48. The van der Waals surface area contributed by atoms with Crippen molar-refractivity contribution in [2.24, 2.45) is 0 Å². The lowest BCUT2D eigenvalue weighted by Gasteiger charge is -2.08. The van der Waals surface area contributed by atoms with Crippen molar-refractivity contribution in [1.82, 2.24) is 9.97 Å². The van der Waals surface area contributed by atoms with Gasteiger partial charge in [-0.2, -0.15) is 0 Å². The van der Waals surface area contributed by atoms with Gasteiger partial charge < -0.3 is 14.8 Å². The van der Waals surface area contributed by atoms with Gasteiger partial charge in [0, 0.05) is 23.5 Å². The van der Waals surface area contributed by atoms with E-state index in [4.69, 9.17) is 4.42 Å². The summed E-state index contributed by atoms with van der Waals surface area (Å²) in [7, 11) is 0. The van der Waals surface area contributed by atoms with E-state index in [1.54, 1.807) is 30.6 Å². The van der Waals surface area contributed by atoms with E-state index in [-0.39, 0.29) is 11.6 Å². The summed E-state index contributed by atoms with van der Waals surface area (Å²) < 4.78 is 18.6. The Labute approximate surface area is 146 Å². The highest BCUT2D eigenvalue weighted by Crippen LogP contribution is 2.33. The molecular formula is C19H12FN3O3. The summed E-state index contributed by atoms with van der Waals surface area (Å²) >= 11 is 0. The Morgan fingerprint density at radius 1 is 1.12 bits per heavy atom. The van der Waals surface area contributed by atoms with Crippen LogP contribution in [0.3, 0.4) is 0 Å². The predicted octanol–water partition coefficient (Wildman–Crippen LogP) is 3.99. The molecule has 0 aliphatic rings. The minimum absolute atomic E-state index is 0.0377. The van der Waals surface area contributed by atoms with Crippen LogP contribution in [0.25, 0.3) is 22.6 Å². The first-order valence-electron chi connectivity index (χ1n) is 7.71. The zero-order valence-corrected chi connectivity index (χ0v) is 13.3. The number of nitrogens with zero attached hydrogens (tertiary/aromatic N) is 2. The fourth-order valence-electron chi connectivity index (χ4n) is 2.48. The highest BCUT2D eigenvalue weighted by atomic mass is 19.1. The minimum Gasteiger partial charge on any atom is -0.507 e. The Kier molecular flexibility index (Phi) is 3.81. The van der Waals surface area contributed by atoms with Gasteiger partial charge in [0.25, 0.3) is 5.91 Å². The molecule has 0 radical (unpaired) electrons. The van der Waals surface area contributed by atoms with E-state index in [2.05, 4.69) is 15.3 Å². The molecule has 0 saturated heterocycles. The number of halogens is 1. The van der Waals surface area contributed by atoms with Crippen LogP contribution in [0, 0.1) is 5.82 Å².